The Kier molecular flexibility index (Phi) is 3.00. The zero-order valence-corrected chi connectivity index (χ0v) is 12.0. The minimum absolute atomic E-state index is 0.0480. The summed E-state index contributed by atoms with van der Waals surface area (Å²) in [7, 11) is 0. The number of ether oxygens (including phenoxy) is 1. The van der Waals surface area contributed by atoms with Crippen molar-refractivity contribution in [2.45, 2.75) is 58.0 Å². The molecule has 2 aromatic rings. The molecule has 3 heteroatoms. The smallest absolute Gasteiger partial charge is 0.219 e. The van der Waals surface area contributed by atoms with Crippen molar-refractivity contribution in [2.24, 2.45) is 0 Å². The normalized spacial score (nSPS) is 17.2. The van der Waals surface area contributed by atoms with Crippen molar-refractivity contribution in [2.75, 3.05) is 0 Å². The Morgan fingerprint density at radius 3 is 2.68 bits per heavy atom. The fourth-order valence-electron chi connectivity index (χ4n) is 2.76. The van der Waals surface area contributed by atoms with Gasteiger partial charge in [-0.1, -0.05) is 20.8 Å². The van der Waals surface area contributed by atoms with Crippen LogP contribution in [0, 0.1) is 0 Å². The molecular weight excluding hydrogens is 236 g/mol. The maximum Gasteiger partial charge on any atom is 0.219 e. The van der Waals surface area contributed by atoms with Crippen LogP contribution in [0.5, 0.6) is 5.88 Å². The van der Waals surface area contributed by atoms with Gasteiger partial charge < -0.3 is 9.72 Å². The number of pyridine rings is 1. The first kappa shape index (κ1) is 12.5. The van der Waals surface area contributed by atoms with E-state index in [2.05, 4.69) is 42.9 Å². The zero-order valence-electron chi connectivity index (χ0n) is 12.0. The SMILES string of the molecule is CC(C)(C)c1cc2cc[nH]c2nc1OC1CCCC1. The summed E-state index contributed by atoms with van der Waals surface area (Å²) >= 11 is 0. The second-order valence-corrected chi connectivity index (χ2v) is 6.53. The molecule has 1 aliphatic rings. The minimum atomic E-state index is 0.0480. The van der Waals surface area contributed by atoms with Crippen LogP contribution in [0.25, 0.3) is 11.0 Å². The van der Waals surface area contributed by atoms with Gasteiger partial charge in [0.2, 0.25) is 5.88 Å². The fourth-order valence-corrected chi connectivity index (χ4v) is 2.76. The van der Waals surface area contributed by atoms with E-state index in [-0.39, 0.29) is 5.41 Å². The Hall–Kier alpha value is -1.51. The van der Waals surface area contributed by atoms with Crippen molar-refractivity contribution in [3.63, 3.8) is 0 Å². The molecule has 1 N–H and O–H groups in total. The molecule has 0 aliphatic heterocycles. The van der Waals surface area contributed by atoms with E-state index in [1.165, 1.54) is 18.4 Å². The van der Waals surface area contributed by atoms with Gasteiger partial charge in [0.1, 0.15) is 11.8 Å². The van der Waals surface area contributed by atoms with Gasteiger partial charge in [-0.2, -0.15) is 4.98 Å². The predicted molar refractivity (Wildman–Crippen MR) is 77.7 cm³/mol. The van der Waals surface area contributed by atoms with Crippen LogP contribution in [0.3, 0.4) is 0 Å². The third kappa shape index (κ3) is 2.46. The quantitative estimate of drug-likeness (QED) is 0.877. The maximum absolute atomic E-state index is 6.18. The van der Waals surface area contributed by atoms with Crippen molar-refractivity contribution >= 4 is 11.0 Å². The molecule has 3 nitrogen and oxygen atoms in total. The summed E-state index contributed by atoms with van der Waals surface area (Å²) < 4.78 is 6.18. The summed E-state index contributed by atoms with van der Waals surface area (Å²) in [5, 5.41) is 1.16. The molecule has 0 amide bonds. The Bertz CT molecular complexity index is 574. The molecule has 2 heterocycles. The second-order valence-electron chi connectivity index (χ2n) is 6.53. The molecule has 0 spiro atoms. The standard InChI is InChI=1S/C16H22N2O/c1-16(2,3)13-10-11-8-9-17-14(11)18-15(13)19-12-6-4-5-7-12/h8-10,12H,4-7H2,1-3H3,(H,17,18). The van der Waals surface area contributed by atoms with E-state index in [9.17, 15) is 0 Å². The van der Waals surface area contributed by atoms with E-state index in [1.54, 1.807) is 0 Å². The second kappa shape index (κ2) is 4.55. The van der Waals surface area contributed by atoms with E-state index in [0.29, 0.717) is 6.10 Å². The molecule has 3 rings (SSSR count). The summed E-state index contributed by atoms with van der Waals surface area (Å²) in [6.45, 7) is 6.64. The van der Waals surface area contributed by atoms with Gasteiger partial charge in [0.15, 0.2) is 0 Å². The Balaban J connectivity index is 2.03. The van der Waals surface area contributed by atoms with Crippen molar-refractivity contribution in [3.05, 3.63) is 23.9 Å². The summed E-state index contributed by atoms with van der Waals surface area (Å²) in [6, 6.07) is 4.28. The molecule has 0 bridgehead atoms. The molecule has 0 aromatic carbocycles. The molecule has 2 aromatic heterocycles. The average Bonchev–Trinajstić information content (AvgIpc) is 2.96. The van der Waals surface area contributed by atoms with Crippen LogP contribution in [-0.2, 0) is 5.41 Å². The largest absolute Gasteiger partial charge is 0.474 e. The van der Waals surface area contributed by atoms with Crippen molar-refractivity contribution in [3.8, 4) is 5.88 Å². The van der Waals surface area contributed by atoms with E-state index in [4.69, 9.17) is 4.74 Å². The molecule has 102 valence electrons. The monoisotopic (exact) mass is 258 g/mol. The molecular formula is C16H22N2O. The number of nitrogens with one attached hydrogen (secondary N) is 1. The lowest BCUT2D eigenvalue weighted by molar-refractivity contribution is 0.197. The minimum Gasteiger partial charge on any atom is -0.474 e. The van der Waals surface area contributed by atoms with Gasteiger partial charge in [0.05, 0.1) is 0 Å². The molecule has 19 heavy (non-hydrogen) atoms. The lowest BCUT2D eigenvalue weighted by Crippen LogP contribution is -2.18. The number of aromatic nitrogens is 2. The highest BCUT2D eigenvalue weighted by Gasteiger charge is 2.25. The van der Waals surface area contributed by atoms with Crippen LogP contribution < -0.4 is 4.74 Å². The lowest BCUT2D eigenvalue weighted by Gasteiger charge is -2.23. The van der Waals surface area contributed by atoms with E-state index in [1.807, 2.05) is 6.20 Å². The van der Waals surface area contributed by atoms with E-state index < -0.39 is 0 Å². The number of hydrogen-bond acceptors (Lipinski definition) is 2. The summed E-state index contributed by atoms with van der Waals surface area (Å²) in [6.07, 6.45) is 7.16. The van der Waals surface area contributed by atoms with Crippen molar-refractivity contribution in [1.29, 1.82) is 0 Å². The van der Waals surface area contributed by atoms with Crippen LogP contribution in [0.1, 0.15) is 52.0 Å². The first-order chi connectivity index (χ1) is 9.04. The van der Waals surface area contributed by atoms with Gasteiger partial charge in [-0.25, -0.2) is 0 Å². The number of fused-ring (bicyclic) bond motifs is 1. The first-order valence-electron chi connectivity index (χ1n) is 7.19. The van der Waals surface area contributed by atoms with Crippen LogP contribution in [-0.4, -0.2) is 16.1 Å². The number of nitrogens with zero attached hydrogens (tertiary/aromatic N) is 1. The lowest BCUT2D eigenvalue weighted by atomic mass is 9.87. The number of hydrogen-bond donors (Lipinski definition) is 1. The Morgan fingerprint density at radius 2 is 2.00 bits per heavy atom. The maximum atomic E-state index is 6.18. The van der Waals surface area contributed by atoms with Gasteiger partial charge in [-0.15, -0.1) is 0 Å². The first-order valence-corrected chi connectivity index (χ1v) is 7.19. The van der Waals surface area contributed by atoms with Crippen LogP contribution in [0.4, 0.5) is 0 Å². The van der Waals surface area contributed by atoms with Crippen molar-refractivity contribution in [1.82, 2.24) is 9.97 Å². The third-order valence-electron chi connectivity index (χ3n) is 3.89. The topological polar surface area (TPSA) is 37.9 Å². The van der Waals surface area contributed by atoms with Crippen molar-refractivity contribution < 1.29 is 4.74 Å². The van der Waals surface area contributed by atoms with Crippen LogP contribution in [0.15, 0.2) is 18.3 Å². The van der Waals surface area contributed by atoms with E-state index in [0.717, 1.165) is 29.8 Å². The third-order valence-corrected chi connectivity index (χ3v) is 3.89. The van der Waals surface area contributed by atoms with Gasteiger partial charge in [-0.05, 0) is 43.2 Å². The predicted octanol–water partition coefficient (Wildman–Crippen LogP) is 4.18. The number of rotatable bonds is 2. The Morgan fingerprint density at radius 1 is 1.26 bits per heavy atom. The van der Waals surface area contributed by atoms with E-state index >= 15 is 0 Å². The number of H-pyrrole nitrogens is 1. The molecule has 1 aliphatic carbocycles. The molecule has 1 fully saturated rings. The molecule has 0 radical (unpaired) electrons. The van der Waals surface area contributed by atoms with Gasteiger partial charge in [0, 0.05) is 17.1 Å². The molecule has 1 saturated carbocycles. The highest BCUT2D eigenvalue weighted by Crippen LogP contribution is 2.34. The highest BCUT2D eigenvalue weighted by atomic mass is 16.5. The summed E-state index contributed by atoms with van der Waals surface area (Å²) in [4.78, 5) is 7.86. The molecule has 0 saturated heterocycles. The van der Waals surface area contributed by atoms with Gasteiger partial charge >= 0.3 is 0 Å². The molecule has 0 unspecified atom stereocenters. The van der Waals surface area contributed by atoms with Gasteiger partial charge in [0.25, 0.3) is 0 Å². The zero-order chi connectivity index (χ0) is 13.5. The van der Waals surface area contributed by atoms with Crippen LogP contribution >= 0.6 is 0 Å². The van der Waals surface area contributed by atoms with Gasteiger partial charge in [-0.3, -0.25) is 0 Å². The molecule has 0 atom stereocenters. The Labute approximate surface area is 114 Å². The average molecular weight is 258 g/mol. The highest BCUT2D eigenvalue weighted by molar-refractivity contribution is 5.77. The van der Waals surface area contributed by atoms with Crippen LogP contribution in [0.2, 0.25) is 0 Å². The summed E-state index contributed by atoms with van der Waals surface area (Å²) in [5.74, 6) is 0.814. The summed E-state index contributed by atoms with van der Waals surface area (Å²) in [5.41, 5.74) is 2.17. The number of aromatic amines is 1. The fraction of sp³-hybridized carbons (Fsp3) is 0.562.